The molecule has 0 aliphatic carbocycles. The minimum absolute atomic E-state index is 0.174. The van der Waals surface area contributed by atoms with E-state index in [4.69, 9.17) is 9.84 Å². The number of benzene rings is 2. The summed E-state index contributed by atoms with van der Waals surface area (Å²) in [6.45, 7) is 2.99. The third kappa shape index (κ3) is 3.55. The zero-order valence-corrected chi connectivity index (χ0v) is 16.2. The summed E-state index contributed by atoms with van der Waals surface area (Å²) in [5, 5.41) is 11.4. The van der Waals surface area contributed by atoms with Crippen LogP contribution in [0.1, 0.15) is 24.7 Å². The molecule has 3 aromatic rings. The van der Waals surface area contributed by atoms with Crippen molar-refractivity contribution in [3.8, 4) is 5.75 Å². The maximum absolute atomic E-state index is 12.9. The summed E-state index contributed by atoms with van der Waals surface area (Å²) in [6, 6.07) is 12.2. The molecule has 8 heteroatoms. The number of carboxylic acid groups (broad SMARTS) is 1. The lowest BCUT2D eigenvalue weighted by Crippen LogP contribution is -2.23. The van der Waals surface area contributed by atoms with E-state index in [2.05, 4.69) is 10.3 Å². The van der Waals surface area contributed by atoms with Gasteiger partial charge in [-0.05, 0) is 49.3 Å². The molecule has 4 rings (SSSR count). The predicted molar refractivity (Wildman–Crippen MR) is 112 cm³/mol. The predicted octanol–water partition coefficient (Wildman–Crippen LogP) is 2.76. The van der Waals surface area contributed by atoms with Crippen molar-refractivity contribution < 1.29 is 19.4 Å². The topological polar surface area (TPSA) is 111 Å². The number of allylic oxidation sites excluding steroid dienone is 1. The molecule has 2 N–H and O–H groups in total. The Hall–Kier alpha value is -3.94. The van der Waals surface area contributed by atoms with E-state index >= 15 is 0 Å². The summed E-state index contributed by atoms with van der Waals surface area (Å²) >= 11 is 0. The molecule has 2 heterocycles. The fourth-order valence-corrected chi connectivity index (χ4v) is 3.49. The summed E-state index contributed by atoms with van der Waals surface area (Å²) in [5.41, 5.74) is 2.28. The molecule has 1 amide bonds. The Balaban J connectivity index is 1.79. The first-order valence-electron chi connectivity index (χ1n) is 9.49. The number of para-hydroxylation sites is 1. The van der Waals surface area contributed by atoms with Crippen LogP contribution in [0.4, 0.5) is 5.69 Å². The van der Waals surface area contributed by atoms with Crippen LogP contribution in [-0.4, -0.2) is 33.1 Å². The lowest BCUT2D eigenvalue weighted by molar-refractivity contribution is -0.147. The highest BCUT2D eigenvalue weighted by molar-refractivity contribution is 6.36. The second kappa shape index (κ2) is 7.82. The van der Waals surface area contributed by atoms with Gasteiger partial charge >= 0.3 is 11.9 Å². The number of carbonyl (C=O) groups excluding carboxylic acids is 1. The highest BCUT2D eigenvalue weighted by atomic mass is 16.5. The smallest absolute Gasteiger partial charge is 0.394 e. The molecular weight excluding hydrogens is 386 g/mol. The lowest BCUT2D eigenvalue weighted by Gasteiger charge is -2.09. The van der Waals surface area contributed by atoms with E-state index in [1.54, 1.807) is 10.6 Å². The molecule has 2 aromatic carbocycles. The minimum Gasteiger partial charge on any atom is -0.493 e. The number of amides is 1. The minimum atomic E-state index is -1.59. The van der Waals surface area contributed by atoms with Gasteiger partial charge in [-0.2, -0.15) is 0 Å². The zero-order valence-electron chi connectivity index (χ0n) is 16.2. The van der Waals surface area contributed by atoms with Gasteiger partial charge in [-0.3, -0.25) is 14.2 Å². The number of nitrogens with one attached hydrogen (secondary N) is 1. The number of nitrogens with zero attached hydrogens (tertiary/aromatic N) is 2. The van der Waals surface area contributed by atoms with Gasteiger partial charge in [0.05, 0.1) is 17.5 Å². The van der Waals surface area contributed by atoms with Gasteiger partial charge in [0.2, 0.25) is 0 Å². The molecular formula is C22H19N3O5. The molecule has 0 spiro atoms. The molecule has 0 unspecified atom stereocenters. The summed E-state index contributed by atoms with van der Waals surface area (Å²) in [5.74, 6) is -1.43. The Morgan fingerprint density at radius 3 is 2.83 bits per heavy atom. The van der Waals surface area contributed by atoms with Crippen LogP contribution in [0.3, 0.4) is 0 Å². The average Bonchev–Trinajstić information content (AvgIpc) is 3.12. The highest BCUT2D eigenvalue weighted by Gasteiger charge is 2.22. The number of hydrogen-bond acceptors (Lipinski definition) is 5. The number of carbonyl (C=O) groups is 2. The number of anilines is 1. The standard InChI is InChI=1S/C22H19N3O5/c1-2-30-18-6-4-3-5-13(18)11-14-9-10-25-19(14)24-17-12-15(23-20(26)22(28)29)7-8-16(17)21(25)27/h3-8,11-12H,2,9-10H2,1H3,(H,23,26)(H,28,29). The van der Waals surface area contributed by atoms with Crippen molar-refractivity contribution in [2.24, 2.45) is 0 Å². The largest absolute Gasteiger partial charge is 0.493 e. The Morgan fingerprint density at radius 2 is 2.07 bits per heavy atom. The zero-order chi connectivity index (χ0) is 21.3. The van der Waals surface area contributed by atoms with Crippen LogP contribution in [-0.2, 0) is 16.1 Å². The average molecular weight is 405 g/mol. The first-order chi connectivity index (χ1) is 14.5. The van der Waals surface area contributed by atoms with E-state index in [1.807, 2.05) is 37.3 Å². The maximum atomic E-state index is 12.9. The van der Waals surface area contributed by atoms with Gasteiger partial charge in [0, 0.05) is 17.8 Å². The third-order valence-corrected chi connectivity index (χ3v) is 4.85. The van der Waals surface area contributed by atoms with E-state index in [1.165, 1.54) is 12.1 Å². The van der Waals surface area contributed by atoms with Gasteiger partial charge in [-0.25, -0.2) is 9.78 Å². The summed E-state index contributed by atoms with van der Waals surface area (Å²) < 4.78 is 7.31. The van der Waals surface area contributed by atoms with Gasteiger partial charge in [0.25, 0.3) is 5.56 Å². The Morgan fingerprint density at radius 1 is 1.27 bits per heavy atom. The molecule has 1 aliphatic heterocycles. The second-order valence-electron chi connectivity index (χ2n) is 6.77. The summed E-state index contributed by atoms with van der Waals surface area (Å²) in [6.07, 6.45) is 2.62. The Kier molecular flexibility index (Phi) is 5.05. The number of ether oxygens (including phenoxy) is 1. The van der Waals surface area contributed by atoms with E-state index in [-0.39, 0.29) is 11.2 Å². The van der Waals surface area contributed by atoms with E-state index in [0.29, 0.717) is 36.3 Å². The summed E-state index contributed by atoms with van der Waals surface area (Å²) in [4.78, 5) is 39.7. The van der Waals surface area contributed by atoms with Crippen molar-refractivity contribution in [2.75, 3.05) is 11.9 Å². The number of aliphatic carboxylic acids is 1. The molecule has 152 valence electrons. The quantitative estimate of drug-likeness (QED) is 0.646. The first-order valence-corrected chi connectivity index (χ1v) is 9.49. The normalized spacial score (nSPS) is 14.0. The molecule has 0 saturated heterocycles. The Labute approximate surface area is 171 Å². The monoisotopic (exact) mass is 405 g/mol. The number of carboxylic acids is 1. The van der Waals surface area contributed by atoms with Gasteiger partial charge < -0.3 is 15.2 Å². The van der Waals surface area contributed by atoms with E-state index in [0.717, 1.165) is 16.9 Å². The molecule has 0 atom stereocenters. The molecule has 0 bridgehead atoms. The molecule has 0 radical (unpaired) electrons. The van der Waals surface area contributed by atoms with Crippen LogP contribution in [0.15, 0.2) is 47.3 Å². The van der Waals surface area contributed by atoms with E-state index in [9.17, 15) is 14.4 Å². The van der Waals surface area contributed by atoms with Crippen molar-refractivity contribution in [1.29, 1.82) is 0 Å². The lowest BCUT2D eigenvalue weighted by atomic mass is 10.1. The van der Waals surface area contributed by atoms with Gasteiger partial charge in [-0.15, -0.1) is 0 Å². The maximum Gasteiger partial charge on any atom is 0.394 e. The van der Waals surface area contributed by atoms with Gasteiger partial charge in [0.15, 0.2) is 0 Å². The van der Waals surface area contributed by atoms with Crippen molar-refractivity contribution in [3.05, 3.63) is 64.2 Å². The number of fused-ring (bicyclic) bond motifs is 2. The number of hydrogen-bond donors (Lipinski definition) is 2. The molecule has 0 fully saturated rings. The Bertz CT molecular complexity index is 1260. The third-order valence-electron chi connectivity index (χ3n) is 4.85. The van der Waals surface area contributed by atoms with Gasteiger partial charge in [0.1, 0.15) is 11.6 Å². The van der Waals surface area contributed by atoms with Crippen molar-refractivity contribution in [1.82, 2.24) is 9.55 Å². The van der Waals surface area contributed by atoms with Crippen LogP contribution in [0.5, 0.6) is 5.75 Å². The molecule has 0 saturated carbocycles. The van der Waals surface area contributed by atoms with Crippen LogP contribution in [0, 0.1) is 0 Å². The van der Waals surface area contributed by atoms with Crippen molar-refractivity contribution in [2.45, 2.75) is 19.9 Å². The van der Waals surface area contributed by atoms with E-state index < -0.39 is 11.9 Å². The number of aromatic nitrogens is 2. The SMILES string of the molecule is CCOc1ccccc1C=C1CCn2c1nc1cc(NC(=O)C(=O)O)ccc1c2=O. The molecule has 8 nitrogen and oxygen atoms in total. The van der Waals surface area contributed by atoms with Gasteiger partial charge in [-0.1, -0.05) is 18.2 Å². The highest BCUT2D eigenvalue weighted by Crippen LogP contribution is 2.30. The van der Waals surface area contributed by atoms with Crippen molar-refractivity contribution in [3.63, 3.8) is 0 Å². The molecule has 30 heavy (non-hydrogen) atoms. The van der Waals surface area contributed by atoms with Crippen LogP contribution < -0.4 is 15.6 Å². The van der Waals surface area contributed by atoms with Crippen LogP contribution >= 0.6 is 0 Å². The molecule has 1 aliphatic rings. The fourth-order valence-electron chi connectivity index (χ4n) is 3.49. The second-order valence-corrected chi connectivity index (χ2v) is 6.77. The van der Waals surface area contributed by atoms with Crippen LogP contribution in [0.25, 0.3) is 22.6 Å². The fraction of sp³-hybridized carbons (Fsp3) is 0.182. The summed E-state index contributed by atoms with van der Waals surface area (Å²) in [7, 11) is 0. The number of rotatable bonds is 4. The van der Waals surface area contributed by atoms with Crippen LogP contribution in [0.2, 0.25) is 0 Å². The van der Waals surface area contributed by atoms with Crippen molar-refractivity contribution >= 4 is 40.1 Å². The molecule has 1 aromatic heterocycles. The first kappa shape index (κ1) is 19.4.